The van der Waals surface area contributed by atoms with Gasteiger partial charge in [0.05, 0.1) is 0 Å². The van der Waals surface area contributed by atoms with Gasteiger partial charge in [-0.25, -0.2) is 4.68 Å². The van der Waals surface area contributed by atoms with E-state index in [1.54, 1.807) is 16.9 Å². The van der Waals surface area contributed by atoms with Gasteiger partial charge in [-0.15, -0.1) is 0 Å². The molecular weight excluding hydrogens is 446 g/mol. The van der Waals surface area contributed by atoms with E-state index in [9.17, 15) is 4.79 Å². The molecule has 1 aromatic heterocycles. The topological polar surface area (TPSA) is 56.2 Å². The second kappa shape index (κ2) is 18.9. The molecule has 2 aromatic rings. The molecule has 1 heterocycles. The maximum Gasteiger partial charge on any atom is 0.271 e. The van der Waals surface area contributed by atoms with Crippen LogP contribution >= 0.6 is 0 Å². The summed E-state index contributed by atoms with van der Waals surface area (Å²) in [4.78, 5) is 12.4. The standard InChI is InChI=1S/C31H51N3O2/c1-4-5-6-7-8-9-10-11-12-13-14-15-16-17-18-19-23-32-31(35)29-22-24-34(33-29)26-36-30-25-27(2)20-21-28(30)3/h20-22,24-25H,4-19,23,26H2,1-3H3,(H,32,35). The van der Waals surface area contributed by atoms with Crippen LogP contribution in [-0.4, -0.2) is 22.2 Å². The molecule has 0 unspecified atom stereocenters. The molecule has 0 fully saturated rings. The molecule has 0 spiro atoms. The summed E-state index contributed by atoms with van der Waals surface area (Å²) in [7, 11) is 0. The monoisotopic (exact) mass is 497 g/mol. The van der Waals surface area contributed by atoms with Crippen molar-refractivity contribution in [1.82, 2.24) is 15.1 Å². The summed E-state index contributed by atoms with van der Waals surface area (Å²) in [6.45, 7) is 7.35. The van der Waals surface area contributed by atoms with E-state index in [-0.39, 0.29) is 12.6 Å². The van der Waals surface area contributed by atoms with E-state index in [1.165, 1.54) is 96.3 Å². The molecule has 0 atom stereocenters. The molecule has 0 saturated heterocycles. The number of carbonyl (C=O) groups excluding carboxylic acids is 1. The average Bonchev–Trinajstić information content (AvgIpc) is 3.35. The number of hydrogen-bond donors (Lipinski definition) is 1. The highest BCUT2D eigenvalue weighted by molar-refractivity contribution is 5.92. The van der Waals surface area contributed by atoms with Gasteiger partial charge < -0.3 is 10.1 Å². The van der Waals surface area contributed by atoms with Crippen molar-refractivity contribution in [3.8, 4) is 5.75 Å². The number of nitrogens with one attached hydrogen (secondary N) is 1. The van der Waals surface area contributed by atoms with E-state index in [1.807, 2.05) is 26.0 Å². The second-order valence-corrected chi connectivity index (χ2v) is 10.3. The SMILES string of the molecule is CCCCCCCCCCCCCCCCCCNC(=O)c1ccn(COc2cc(C)ccc2C)n1. The first kappa shape index (κ1) is 29.9. The molecule has 2 rings (SSSR count). The highest BCUT2D eigenvalue weighted by Crippen LogP contribution is 2.19. The molecule has 0 aliphatic carbocycles. The fourth-order valence-corrected chi connectivity index (χ4v) is 4.52. The zero-order valence-corrected chi connectivity index (χ0v) is 23.3. The Balaban J connectivity index is 1.41. The van der Waals surface area contributed by atoms with Crippen LogP contribution in [0.1, 0.15) is 131 Å². The third kappa shape index (κ3) is 13.1. The van der Waals surface area contributed by atoms with Crippen molar-refractivity contribution < 1.29 is 9.53 Å². The van der Waals surface area contributed by atoms with E-state index in [0.29, 0.717) is 12.2 Å². The van der Waals surface area contributed by atoms with Gasteiger partial charge >= 0.3 is 0 Å². The Bertz CT molecular complexity index is 846. The minimum atomic E-state index is -0.110. The Hall–Kier alpha value is -2.30. The number of carbonyl (C=O) groups is 1. The molecular formula is C31H51N3O2. The number of unbranched alkanes of at least 4 members (excludes halogenated alkanes) is 15. The van der Waals surface area contributed by atoms with Crippen molar-refractivity contribution in [2.45, 2.75) is 130 Å². The molecule has 36 heavy (non-hydrogen) atoms. The predicted molar refractivity (Wildman–Crippen MR) is 151 cm³/mol. The summed E-state index contributed by atoms with van der Waals surface area (Å²) in [5.41, 5.74) is 2.69. The summed E-state index contributed by atoms with van der Waals surface area (Å²) in [5.74, 6) is 0.737. The van der Waals surface area contributed by atoms with E-state index in [4.69, 9.17) is 4.74 Å². The van der Waals surface area contributed by atoms with Crippen molar-refractivity contribution in [3.05, 3.63) is 47.3 Å². The number of amides is 1. The highest BCUT2D eigenvalue weighted by Gasteiger charge is 2.09. The van der Waals surface area contributed by atoms with Gasteiger partial charge in [-0.05, 0) is 43.5 Å². The minimum Gasteiger partial charge on any atom is -0.471 e. The lowest BCUT2D eigenvalue weighted by Crippen LogP contribution is -2.25. The first-order valence-electron chi connectivity index (χ1n) is 14.6. The van der Waals surface area contributed by atoms with Crippen LogP contribution in [0.2, 0.25) is 0 Å². The molecule has 1 aromatic carbocycles. The van der Waals surface area contributed by atoms with Crippen molar-refractivity contribution in [1.29, 1.82) is 0 Å². The first-order chi connectivity index (χ1) is 17.6. The quantitative estimate of drug-likeness (QED) is 0.176. The number of benzene rings is 1. The van der Waals surface area contributed by atoms with E-state index in [2.05, 4.69) is 23.4 Å². The van der Waals surface area contributed by atoms with Crippen molar-refractivity contribution in [2.24, 2.45) is 0 Å². The molecule has 5 heteroatoms. The summed E-state index contributed by atoms with van der Waals surface area (Å²) in [5, 5.41) is 7.35. The van der Waals surface area contributed by atoms with Crippen LogP contribution in [0.3, 0.4) is 0 Å². The third-order valence-corrected chi connectivity index (χ3v) is 6.89. The molecule has 0 saturated carbocycles. The Morgan fingerprint density at radius 3 is 1.94 bits per heavy atom. The van der Waals surface area contributed by atoms with E-state index in [0.717, 1.165) is 23.3 Å². The van der Waals surface area contributed by atoms with Gasteiger partial charge in [0, 0.05) is 12.7 Å². The molecule has 0 aliphatic heterocycles. The van der Waals surface area contributed by atoms with Gasteiger partial charge in [-0.1, -0.05) is 115 Å². The molecule has 5 nitrogen and oxygen atoms in total. The van der Waals surface area contributed by atoms with Crippen molar-refractivity contribution in [2.75, 3.05) is 6.54 Å². The molecule has 1 amide bonds. The largest absolute Gasteiger partial charge is 0.471 e. The van der Waals surface area contributed by atoms with Crippen LogP contribution in [0.5, 0.6) is 5.75 Å². The summed E-state index contributed by atoms with van der Waals surface area (Å²) in [6.07, 6.45) is 23.4. The van der Waals surface area contributed by atoms with Crippen molar-refractivity contribution in [3.63, 3.8) is 0 Å². The maximum absolute atomic E-state index is 12.4. The highest BCUT2D eigenvalue weighted by atomic mass is 16.5. The number of rotatable bonds is 21. The summed E-state index contributed by atoms with van der Waals surface area (Å²) in [6, 6.07) is 7.88. The normalized spacial score (nSPS) is 11.1. The van der Waals surface area contributed by atoms with Crippen LogP contribution in [-0.2, 0) is 6.73 Å². The Kier molecular flexibility index (Phi) is 15.7. The van der Waals surface area contributed by atoms with Crippen LogP contribution in [0, 0.1) is 13.8 Å². The lowest BCUT2D eigenvalue weighted by molar-refractivity contribution is 0.0946. The third-order valence-electron chi connectivity index (χ3n) is 6.89. The van der Waals surface area contributed by atoms with Crippen LogP contribution in [0.15, 0.2) is 30.5 Å². The predicted octanol–water partition coefficient (Wildman–Crippen LogP) is 8.53. The number of aryl methyl sites for hydroxylation is 2. The molecule has 0 radical (unpaired) electrons. The zero-order chi connectivity index (χ0) is 25.8. The number of nitrogens with zero attached hydrogens (tertiary/aromatic N) is 2. The van der Waals surface area contributed by atoms with Crippen LogP contribution < -0.4 is 10.1 Å². The van der Waals surface area contributed by atoms with Crippen LogP contribution in [0.4, 0.5) is 0 Å². The van der Waals surface area contributed by atoms with Gasteiger partial charge in [-0.2, -0.15) is 5.10 Å². The second-order valence-electron chi connectivity index (χ2n) is 10.3. The van der Waals surface area contributed by atoms with Crippen molar-refractivity contribution >= 4 is 5.91 Å². The van der Waals surface area contributed by atoms with E-state index < -0.39 is 0 Å². The molecule has 1 N–H and O–H groups in total. The van der Waals surface area contributed by atoms with Gasteiger partial charge in [0.25, 0.3) is 5.91 Å². The van der Waals surface area contributed by atoms with E-state index >= 15 is 0 Å². The molecule has 0 bridgehead atoms. The van der Waals surface area contributed by atoms with Gasteiger partial charge in [0.15, 0.2) is 6.73 Å². The van der Waals surface area contributed by atoms with Crippen LogP contribution in [0.25, 0.3) is 0 Å². The number of ether oxygens (including phenoxy) is 1. The fourth-order valence-electron chi connectivity index (χ4n) is 4.52. The Morgan fingerprint density at radius 2 is 1.36 bits per heavy atom. The Labute approximate surface area is 220 Å². The van der Waals surface area contributed by atoms with Gasteiger partial charge in [0.1, 0.15) is 11.4 Å². The minimum absolute atomic E-state index is 0.110. The van der Waals surface area contributed by atoms with Gasteiger partial charge in [0.2, 0.25) is 0 Å². The summed E-state index contributed by atoms with van der Waals surface area (Å²) < 4.78 is 7.52. The summed E-state index contributed by atoms with van der Waals surface area (Å²) >= 11 is 0. The zero-order valence-electron chi connectivity index (χ0n) is 23.3. The first-order valence-corrected chi connectivity index (χ1v) is 14.6. The average molecular weight is 498 g/mol. The van der Waals surface area contributed by atoms with Gasteiger partial charge in [-0.3, -0.25) is 4.79 Å². The number of aromatic nitrogens is 2. The fraction of sp³-hybridized carbons (Fsp3) is 0.677. The lowest BCUT2D eigenvalue weighted by atomic mass is 10.0. The number of hydrogen-bond acceptors (Lipinski definition) is 3. The smallest absolute Gasteiger partial charge is 0.271 e. The molecule has 0 aliphatic rings. The lowest BCUT2D eigenvalue weighted by Gasteiger charge is -2.09. The molecule has 202 valence electrons. The Morgan fingerprint density at radius 1 is 0.806 bits per heavy atom. The maximum atomic E-state index is 12.4.